The summed E-state index contributed by atoms with van der Waals surface area (Å²) >= 11 is 0. The van der Waals surface area contributed by atoms with Gasteiger partial charge in [0.1, 0.15) is 5.75 Å². The Balaban J connectivity index is 2.71. The number of carbonyl (C=O) groups excluding carboxylic acids is 1. The summed E-state index contributed by atoms with van der Waals surface area (Å²) in [7, 11) is 0. The fraction of sp³-hybridized carbons (Fsp3) is 0.308. The number of Topliss-reactive ketones (excluding diaryl/α,β-unsaturated/α-hetero) is 1. The van der Waals surface area contributed by atoms with E-state index in [1.807, 2.05) is 6.92 Å². The van der Waals surface area contributed by atoms with Gasteiger partial charge in [-0.1, -0.05) is 19.1 Å². The molecule has 0 radical (unpaired) electrons. The van der Waals surface area contributed by atoms with E-state index in [2.05, 4.69) is 11.3 Å². The molecule has 1 rings (SSSR count). The maximum atomic E-state index is 11.9. The molecule has 0 N–H and O–H groups in total. The molecule has 0 atom stereocenters. The second kappa shape index (κ2) is 5.71. The van der Waals surface area contributed by atoms with E-state index in [4.69, 9.17) is 0 Å². The fourth-order valence-electron chi connectivity index (χ4n) is 1.30. The van der Waals surface area contributed by atoms with Gasteiger partial charge >= 0.3 is 6.36 Å². The third kappa shape index (κ3) is 4.61. The van der Waals surface area contributed by atoms with Crippen LogP contribution in [-0.4, -0.2) is 12.1 Å². The van der Waals surface area contributed by atoms with Crippen molar-refractivity contribution in [2.24, 2.45) is 0 Å². The van der Waals surface area contributed by atoms with E-state index in [-0.39, 0.29) is 18.0 Å². The van der Waals surface area contributed by atoms with Crippen LogP contribution in [0, 0.1) is 0 Å². The minimum atomic E-state index is -4.72. The molecule has 0 heterocycles. The Morgan fingerprint density at radius 1 is 1.28 bits per heavy atom. The van der Waals surface area contributed by atoms with Crippen molar-refractivity contribution in [1.82, 2.24) is 0 Å². The maximum Gasteiger partial charge on any atom is 0.573 e. The molecule has 0 spiro atoms. The zero-order valence-corrected chi connectivity index (χ0v) is 9.88. The van der Waals surface area contributed by atoms with Gasteiger partial charge in [0.15, 0.2) is 5.78 Å². The molecule has 0 fully saturated rings. The zero-order chi connectivity index (χ0) is 13.8. The highest BCUT2D eigenvalue weighted by molar-refractivity contribution is 5.97. The van der Waals surface area contributed by atoms with Crippen molar-refractivity contribution in [3.63, 3.8) is 0 Å². The molecule has 0 unspecified atom stereocenters. The van der Waals surface area contributed by atoms with Crippen LogP contribution in [0.4, 0.5) is 13.2 Å². The number of ketones is 1. The van der Waals surface area contributed by atoms with Crippen LogP contribution in [0.1, 0.15) is 30.1 Å². The molecule has 0 bridgehead atoms. The van der Waals surface area contributed by atoms with E-state index in [0.717, 1.165) is 17.7 Å². The molecule has 5 heteroatoms. The van der Waals surface area contributed by atoms with Crippen molar-refractivity contribution < 1.29 is 22.7 Å². The molecule has 0 aromatic heterocycles. The molecule has 18 heavy (non-hydrogen) atoms. The summed E-state index contributed by atoms with van der Waals surface area (Å²) in [4.78, 5) is 11.7. The van der Waals surface area contributed by atoms with Crippen molar-refractivity contribution in [3.8, 4) is 5.75 Å². The lowest BCUT2D eigenvalue weighted by atomic mass is 10.0. The number of benzene rings is 1. The monoisotopic (exact) mass is 258 g/mol. The number of allylic oxidation sites excluding steroid dienone is 1. The van der Waals surface area contributed by atoms with E-state index in [9.17, 15) is 18.0 Å². The topological polar surface area (TPSA) is 26.3 Å². The number of rotatable bonds is 5. The lowest BCUT2D eigenvalue weighted by Crippen LogP contribution is -2.17. The van der Waals surface area contributed by atoms with Crippen LogP contribution in [0.25, 0.3) is 0 Å². The van der Waals surface area contributed by atoms with E-state index in [1.54, 1.807) is 0 Å². The lowest BCUT2D eigenvalue weighted by molar-refractivity contribution is -0.274. The van der Waals surface area contributed by atoms with Crippen LogP contribution in [-0.2, 0) is 0 Å². The van der Waals surface area contributed by atoms with Crippen LogP contribution in [0.2, 0.25) is 0 Å². The van der Waals surface area contributed by atoms with E-state index in [1.165, 1.54) is 12.1 Å². The highest BCUT2D eigenvalue weighted by atomic mass is 19.4. The smallest absolute Gasteiger partial charge is 0.406 e. The molecule has 0 saturated heterocycles. The normalized spacial score (nSPS) is 11.1. The predicted molar refractivity (Wildman–Crippen MR) is 61.5 cm³/mol. The Morgan fingerprint density at radius 3 is 2.28 bits per heavy atom. The highest BCUT2D eigenvalue weighted by Gasteiger charge is 2.31. The first-order chi connectivity index (χ1) is 8.31. The molecule has 0 aliphatic carbocycles. The van der Waals surface area contributed by atoms with Gasteiger partial charge in [-0.15, -0.1) is 13.2 Å². The number of hydrogen-bond acceptors (Lipinski definition) is 2. The molecule has 0 saturated carbocycles. The molecule has 0 amide bonds. The van der Waals surface area contributed by atoms with Crippen LogP contribution < -0.4 is 4.74 Å². The summed E-state index contributed by atoms with van der Waals surface area (Å²) in [6.45, 7) is 5.60. The first-order valence-corrected chi connectivity index (χ1v) is 5.37. The summed E-state index contributed by atoms with van der Waals surface area (Å²) in [5.74, 6) is -0.506. The van der Waals surface area contributed by atoms with Crippen molar-refractivity contribution in [2.45, 2.75) is 26.1 Å². The second-order valence-corrected chi connectivity index (χ2v) is 3.78. The van der Waals surface area contributed by atoms with Crippen molar-refractivity contribution >= 4 is 5.78 Å². The van der Waals surface area contributed by atoms with Gasteiger partial charge in [-0.05, 0) is 30.7 Å². The minimum absolute atomic E-state index is 0.166. The summed E-state index contributed by atoms with van der Waals surface area (Å²) in [5.41, 5.74) is 1.13. The van der Waals surface area contributed by atoms with E-state index < -0.39 is 6.36 Å². The summed E-state index contributed by atoms with van der Waals surface area (Å²) in [6.07, 6.45) is -3.82. The number of ether oxygens (including phenoxy) is 1. The molecule has 98 valence electrons. The van der Waals surface area contributed by atoms with Crippen LogP contribution in [0.5, 0.6) is 5.75 Å². The number of alkyl halides is 3. The quantitative estimate of drug-likeness (QED) is 0.586. The van der Waals surface area contributed by atoms with Gasteiger partial charge in [-0.25, -0.2) is 0 Å². The van der Waals surface area contributed by atoms with Gasteiger partial charge in [0.05, 0.1) is 0 Å². The van der Waals surface area contributed by atoms with Crippen molar-refractivity contribution in [1.29, 1.82) is 0 Å². The molecule has 2 nitrogen and oxygen atoms in total. The molecule has 1 aromatic carbocycles. The maximum absolute atomic E-state index is 11.9. The van der Waals surface area contributed by atoms with E-state index in [0.29, 0.717) is 12.0 Å². The zero-order valence-electron chi connectivity index (χ0n) is 9.88. The first kappa shape index (κ1) is 14.3. The van der Waals surface area contributed by atoms with Gasteiger partial charge in [-0.3, -0.25) is 4.79 Å². The van der Waals surface area contributed by atoms with Crippen molar-refractivity contribution in [2.75, 3.05) is 0 Å². The minimum Gasteiger partial charge on any atom is -0.406 e. The highest BCUT2D eigenvalue weighted by Crippen LogP contribution is 2.23. The summed E-state index contributed by atoms with van der Waals surface area (Å²) < 4.78 is 39.5. The molecule has 0 aliphatic heterocycles. The average Bonchev–Trinajstić information content (AvgIpc) is 2.27. The standard InChI is InChI=1S/C13H13F3O2/c1-3-9(2)8-12(17)10-4-6-11(7-5-10)18-13(14,15)16/h4-7H,2-3,8H2,1H3. The van der Waals surface area contributed by atoms with Gasteiger partial charge in [-0.2, -0.15) is 0 Å². The Labute approximate surface area is 103 Å². The molecule has 0 aliphatic rings. The lowest BCUT2D eigenvalue weighted by Gasteiger charge is -2.09. The average molecular weight is 258 g/mol. The molecular formula is C13H13F3O2. The number of carbonyl (C=O) groups is 1. The van der Waals surface area contributed by atoms with E-state index >= 15 is 0 Å². The van der Waals surface area contributed by atoms with Crippen LogP contribution >= 0.6 is 0 Å². The Hall–Kier alpha value is -1.78. The van der Waals surface area contributed by atoms with Gasteiger partial charge < -0.3 is 4.74 Å². The summed E-state index contributed by atoms with van der Waals surface area (Å²) in [6, 6.07) is 4.86. The van der Waals surface area contributed by atoms with Gasteiger partial charge in [0, 0.05) is 12.0 Å². The van der Waals surface area contributed by atoms with Gasteiger partial charge in [0.25, 0.3) is 0 Å². The number of halogens is 3. The first-order valence-electron chi connectivity index (χ1n) is 5.37. The molecular weight excluding hydrogens is 245 g/mol. The Kier molecular flexibility index (Phi) is 4.53. The fourth-order valence-corrected chi connectivity index (χ4v) is 1.30. The Bertz CT molecular complexity index is 433. The predicted octanol–water partition coefficient (Wildman–Crippen LogP) is 4.12. The number of hydrogen-bond donors (Lipinski definition) is 0. The van der Waals surface area contributed by atoms with Crippen molar-refractivity contribution in [3.05, 3.63) is 42.0 Å². The van der Waals surface area contributed by atoms with Crippen LogP contribution in [0.3, 0.4) is 0 Å². The largest absolute Gasteiger partial charge is 0.573 e. The van der Waals surface area contributed by atoms with Gasteiger partial charge in [0.2, 0.25) is 0 Å². The Morgan fingerprint density at radius 2 is 1.83 bits per heavy atom. The van der Waals surface area contributed by atoms with Crippen LogP contribution in [0.15, 0.2) is 36.4 Å². The SMILES string of the molecule is C=C(CC)CC(=O)c1ccc(OC(F)(F)F)cc1. The molecule has 1 aromatic rings. The summed E-state index contributed by atoms with van der Waals surface area (Å²) in [5, 5.41) is 0. The third-order valence-corrected chi connectivity index (χ3v) is 2.32. The third-order valence-electron chi connectivity index (χ3n) is 2.32. The second-order valence-electron chi connectivity index (χ2n) is 3.78.